The van der Waals surface area contributed by atoms with Gasteiger partial charge in [0.25, 0.3) is 0 Å². The number of alkyl halides is 3. The van der Waals surface area contributed by atoms with E-state index in [1.165, 1.54) is 36.4 Å². The lowest BCUT2D eigenvalue weighted by atomic mass is 9.95. The molecule has 0 amide bonds. The van der Waals surface area contributed by atoms with Gasteiger partial charge >= 0.3 is 6.29 Å². The van der Waals surface area contributed by atoms with Crippen molar-refractivity contribution in [1.29, 1.82) is 5.26 Å². The molecule has 0 bridgehead atoms. The summed E-state index contributed by atoms with van der Waals surface area (Å²) in [7, 11) is 0. The molecule has 2 atom stereocenters. The van der Waals surface area contributed by atoms with E-state index in [-0.39, 0.29) is 22.6 Å². The largest absolute Gasteiger partial charge is 0.586 e. The van der Waals surface area contributed by atoms with Crippen LogP contribution in [0.25, 0.3) is 5.69 Å². The van der Waals surface area contributed by atoms with Crippen molar-refractivity contribution in [1.82, 2.24) is 9.78 Å². The number of nitriles is 1. The summed E-state index contributed by atoms with van der Waals surface area (Å²) in [6.45, 7) is 1.65. The van der Waals surface area contributed by atoms with Gasteiger partial charge in [0.05, 0.1) is 16.8 Å². The molecule has 2 heterocycles. The molecule has 0 fully saturated rings. The van der Waals surface area contributed by atoms with Gasteiger partial charge in [-0.1, -0.05) is 6.07 Å². The first kappa shape index (κ1) is 21.5. The molecule has 2 aromatic carbocycles. The van der Waals surface area contributed by atoms with Crippen LogP contribution in [0.4, 0.5) is 13.2 Å². The number of hydrogen-bond donors (Lipinski definition) is 0. The Morgan fingerprint density at radius 3 is 2.82 bits per heavy atom. The van der Waals surface area contributed by atoms with E-state index in [1.807, 2.05) is 0 Å². The van der Waals surface area contributed by atoms with Crippen molar-refractivity contribution in [3.63, 3.8) is 0 Å². The second-order valence-corrected chi connectivity index (χ2v) is 8.37. The first-order chi connectivity index (χ1) is 15.8. The van der Waals surface area contributed by atoms with Crippen molar-refractivity contribution in [2.24, 2.45) is 0 Å². The van der Waals surface area contributed by atoms with E-state index in [0.717, 1.165) is 24.1 Å². The van der Waals surface area contributed by atoms with Crippen LogP contribution in [0.2, 0.25) is 0 Å². The van der Waals surface area contributed by atoms with Gasteiger partial charge in [0, 0.05) is 11.6 Å². The van der Waals surface area contributed by atoms with E-state index < -0.39 is 18.2 Å². The first-order valence-electron chi connectivity index (χ1n) is 10.3. The first-order valence-corrected chi connectivity index (χ1v) is 10.7. The number of nitrogens with zero attached hydrogens (tertiary/aromatic N) is 3. The summed E-state index contributed by atoms with van der Waals surface area (Å²) in [5.41, 5.74) is 2.81. The Balaban J connectivity index is 1.45. The van der Waals surface area contributed by atoms with Crippen LogP contribution < -0.4 is 14.2 Å². The monoisotopic (exact) mass is 475 g/mol. The van der Waals surface area contributed by atoms with Crippen LogP contribution in [0, 0.1) is 17.1 Å². The Morgan fingerprint density at radius 1 is 1.24 bits per heavy atom. The lowest BCUT2D eigenvalue weighted by molar-refractivity contribution is -0.286. The van der Waals surface area contributed by atoms with Crippen molar-refractivity contribution in [3.8, 4) is 29.0 Å². The van der Waals surface area contributed by atoms with Crippen LogP contribution in [-0.2, 0) is 6.42 Å². The summed E-state index contributed by atoms with van der Waals surface area (Å²) in [6, 6.07) is 10.6. The minimum atomic E-state index is -3.73. The summed E-state index contributed by atoms with van der Waals surface area (Å²) in [5, 5.41) is 13.5. The molecule has 0 saturated carbocycles. The SMILES string of the molecule is C[C@H](Oc1cc(-n2nc(C#N)c3c2C(Cl)CCC3)ccc1F)c1ccc2c(c1)OC(F)(F)O2. The molecule has 1 unspecified atom stereocenters. The van der Waals surface area contributed by atoms with Crippen molar-refractivity contribution in [3.05, 3.63) is 64.7 Å². The lowest BCUT2D eigenvalue weighted by Gasteiger charge is -2.20. The normalized spacial score (nSPS) is 19.0. The molecule has 2 aliphatic rings. The Bertz CT molecular complexity index is 1290. The molecule has 10 heteroatoms. The highest BCUT2D eigenvalue weighted by Crippen LogP contribution is 2.43. The molecular weight excluding hydrogens is 459 g/mol. The third kappa shape index (κ3) is 3.85. The summed E-state index contributed by atoms with van der Waals surface area (Å²) in [5.74, 6) is -0.881. The fourth-order valence-electron chi connectivity index (χ4n) is 4.10. The second-order valence-electron chi connectivity index (χ2n) is 7.84. The molecule has 3 aromatic rings. The zero-order valence-electron chi connectivity index (χ0n) is 17.3. The molecule has 6 nitrogen and oxygen atoms in total. The van der Waals surface area contributed by atoms with Gasteiger partial charge in [0.2, 0.25) is 0 Å². The van der Waals surface area contributed by atoms with E-state index in [2.05, 4.69) is 20.6 Å². The van der Waals surface area contributed by atoms with Gasteiger partial charge in [-0.3, -0.25) is 0 Å². The molecule has 0 saturated heterocycles. The molecule has 1 aromatic heterocycles. The molecule has 0 spiro atoms. The highest BCUT2D eigenvalue weighted by atomic mass is 35.5. The van der Waals surface area contributed by atoms with Gasteiger partial charge in [-0.05, 0) is 56.0 Å². The fraction of sp³-hybridized carbons (Fsp3) is 0.304. The molecule has 170 valence electrons. The Labute approximate surface area is 192 Å². The smallest absolute Gasteiger partial charge is 0.483 e. The minimum absolute atomic E-state index is 0.0623. The maximum atomic E-state index is 14.6. The van der Waals surface area contributed by atoms with E-state index in [1.54, 1.807) is 11.6 Å². The van der Waals surface area contributed by atoms with Crippen LogP contribution in [0.3, 0.4) is 0 Å². The average Bonchev–Trinajstić information content (AvgIpc) is 3.31. The molecule has 5 rings (SSSR count). The molecule has 0 N–H and O–H groups in total. The van der Waals surface area contributed by atoms with Gasteiger partial charge in [-0.2, -0.15) is 10.4 Å². The second kappa shape index (κ2) is 7.89. The topological polar surface area (TPSA) is 69.3 Å². The number of hydrogen-bond acceptors (Lipinski definition) is 5. The summed E-state index contributed by atoms with van der Waals surface area (Å²) >= 11 is 6.52. The fourth-order valence-corrected chi connectivity index (χ4v) is 4.48. The zero-order valence-corrected chi connectivity index (χ0v) is 18.1. The van der Waals surface area contributed by atoms with Gasteiger partial charge < -0.3 is 14.2 Å². The van der Waals surface area contributed by atoms with Crippen LogP contribution in [0.15, 0.2) is 36.4 Å². The quantitative estimate of drug-likeness (QED) is 0.435. The van der Waals surface area contributed by atoms with Crippen molar-refractivity contribution in [2.75, 3.05) is 0 Å². The number of aromatic nitrogens is 2. The van der Waals surface area contributed by atoms with Crippen LogP contribution in [0.5, 0.6) is 17.2 Å². The maximum absolute atomic E-state index is 14.6. The number of ether oxygens (including phenoxy) is 3. The predicted molar refractivity (Wildman–Crippen MR) is 111 cm³/mol. The summed E-state index contributed by atoms with van der Waals surface area (Å²) in [6.07, 6.45) is -2.11. The van der Waals surface area contributed by atoms with E-state index in [0.29, 0.717) is 23.4 Å². The van der Waals surface area contributed by atoms with Gasteiger partial charge in [-0.15, -0.1) is 20.4 Å². The summed E-state index contributed by atoms with van der Waals surface area (Å²) in [4.78, 5) is 0. The molecule has 33 heavy (non-hydrogen) atoms. The Kier molecular flexibility index (Phi) is 5.13. The maximum Gasteiger partial charge on any atom is 0.586 e. The van der Waals surface area contributed by atoms with Crippen LogP contribution in [-0.4, -0.2) is 16.1 Å². The van der Waals surface area contributed by atoms with Gasteiger partial charge in [0.15, 0.2) is 28.8 Å². The predicted octanol–water partition coefficient (Wildman–Crippen LogP) is 5.96. The number of fused-ring (bicyclic) bond motifs is 2. The molecule has 1 aliphatic carbocycles. The lowest BCUT2D eigenvalue weighted by Crippen LogP contribution is -2.25. The third-order valence-corrected chi connectivity index (χ3v) is 6.09. The van der Waals surface area contributed by atoms with Crippen molar-refractivity contribution < 1.29 is 27.4 Å². The zero-order chi connectivity index (χ0) is 23.3. The van der Waals surface area contributed by atoms with Crippen molar-refractivity contribution >= 4 is 11.6 Å². The highest BCUT2D eigenvalue weighted by Gasteiger charge is 2.43. The van der Waals surface area contributed by atoms with Gasteiger partial charge in [-0.25, -0.2) is 9.07 Å². The summed E-state index contributed by atoms with van der Waals surface area (Å²) < 4.78 is 57.4. The number of rotatable bonds is 4. The number of halogens is 4. The highest BCUT2D eigenvalue weighted by molar-refractivity contribution is 6.20. The van der Waals surface area contributed by atoms with Crippen molar-refractivity contribution in [2.45, 2.75) is 44.0 Å². The Morgan fingerprint density at radius 2 is 2.03 bits per heavy atom. The van der Waals surface area contributed by atoms with Crippen LogP contribution in [0.1, 0.15) is 53.8 Å². The van der Waals surface area contributed by atoms with Gasteiger partial charge in [0.1, 0.15) is 12.2 Å². The number of benzene rings is 2. The van der Waals surface area contributed by atoms with E-state index in [4.69, 9.17) is 16.3 Å². The molecular formula is C23H17ClF3N3O3. The van der Waals surface area contributed by atoms with E-state index >= 15 is 0 Å². The standard InChI is InChI=1S/C23H17ClF3N3O3/c1-12(13-5-8-19-21(9-13)33-23(26,27)32-19)31-20-10-14(6-7-17(20)25)30-22-15(18(11-28)29-30)3-2-4-16(22)24/h5-10,12,16H,2-4H2,1H3/t12-,16?/m0/s1. The molecule has 1 aliphatic heterocycles. The third-order valence-electron chi connectivity index (χ3n) is 5.67. The average molecular weight is 476 g/mol. The molecule has 0 radical (unpaired) electrons. The minimum Gasteiger partial charge on any atom is -0.483 e. The Hall–Kier alpha value is -3.38. The van der Waals surface area contributed by atoms with E-state index in [9.17, 15) is 18.4 Å². The van der Waals surface area contributed by atoms with Crippen LogP contribution >= 0.6 is 11.6 Å².